The second-order valence-corrected chi connectivity index (χ2v) is 7.57. The minimum atomic E-state index is -0.0425. The standard InChI is InChI=1S/C23H32N4O/c1-3-4-14-26(2)21-10-8-20(9-11-21)23(28)25-18-19-12-13-24-22(17-19)27-15-6-5-7-16-27/h8-13,17H,3-7,14-16,18H2,1-2H3,(H,25,28). The summed E-state index contributed by atoms with van der Waals surface area (Å²) in [6, 6.07) is 11.9. The third-order valence-corrected chi connectivity index (χ3v) is 5.36. The van der Waals surface area contributed by atoms with Crippen LogP contribution in [0.15, 0.2) is 42.6 Å². The van der Waals surface area contributed by atoms with Crippen molar-refractivity contribution in [2.75, 3.05) is 36.5 Å². The van der Waals surface area contributed by atoms with Crippen molar-refractivity contribution < 1.29 is 4.79 Å². The van der Waals surface area contributed by atoms with E-state index in [1.54, 1.807) is 0 Å². The van der Waals surface area contributed by atoms with Gasteiger partial charge in [-0.1, -0.05) is 13.3 Å². The van der Waals surface area contributed by atoms with Crippen LogP contribution in [0.1, 0.15) is 54.9 Å². The first-order chi connectivity index (χ1) is 13.7. The van der Waals surface area contributed by atoms with Gasteiger partial charge in [0, 0.05) is 50.7 Å². The van der Waals surface area contributed by atoms with E-state index in [-0.39, 0.29) is 5.91 Å². The van der Waals surface area contributed by atoms with Crippen LogP contribution in [0.4, 0.5) is 11.5 Å². The number of piperidine rings is 1. The highest BCUT2D eigenvalue weighted by atomic mass is 16.1. The first-order valence-corrected chi connectivity index (χ1v) is 10.5. The van der Waals surface area contributed by atoms with E-state index >= 15 is 0 Å². The van der Waals surface area contributed by atoms with E-state index in [0.717, 1.165) is 36.7 Å². The van der Waals surface area contributed by atoms with Crippen molar-refractivity contribution in [3.63, 3.8) is 0 Å². The molecule has 0 unspecified atom stereocenters. The normalized spacial score (nSPS) is 14.0. The van der Waals surface area contributed by atoms with Crippen molar-refractivity contribution in [3.05, 3.63) is 53.7 Å². The van der Waals surface area contributed by atoms with Crippen LogP contribution in [0.3, 0.4) is 0 Å². The number of amides is 1. The molecular weight excluding hydrogens is 348 g/mol. The minimum absolute atomic E-state index is 0.0425. The molecule has 150 valence electrons. The Morgan fingerprint density at radius 2 is 1.89 bits per heavy atom. The molecular formula is C23H32N4O. The molecule has 5 heteroatoms. The Morgan fingerprint density at radius 1 is 1.14 bits per heavy atom. The number of rotatable bonds is 8. The largest absolute Gasteiger partial charge is 0.375 e. The number of carbonyl (C=O) groups excluding carboxylic acids is 1. The number of benzene rings is 1. The van der Waals surface area contributed by atoms with Crippen molar-refractivity contribution in [1.29, 1.82) is 0 Å². The topological polar surface area (TPSA) is 48.5 Å². The molecule has 3 rings (SSSR count). The molecule has 2 aromatic rings. The summed E-state index contributed by atoms with van der Waals surface area (Å²) in [5.74, 6) is 0.977. The SMILES string of the molecule is CCCCN(C)c1ccc(C(=O)NCc2ccnc(N3CCCCC3)c2)cc1. The Hall–Kier alpha value is -2.56. The van der Waals surface area contributed by atoms with Gasteiger partial charge >= 0.3 is 0 Å². The van der Waals surface area contributed by atoms with Crippen molar-refractivity contribution in [2.45, 2.75) is 45.6 Å². The van der Waals surface area contributed by atoms with Gasteiger partial charge in [0.1, 0.15) is 5.82 Å². The first-order valence-electron chi connectivity index (χ1n) is 10.5. The number of nitrogens with one attached hydrogen (secondary N) is 1. The average molecular weight is 381 g/mol. The monoisotopic (exact) mass is 380 g/mol. The molecule has 0 radical (unpaired) electrons. The summed E-state index contributed by atoms with van der Waals surface area (Å²) in [7, 11) is 2.09. The van der Waals surface area contributed by atoms with Crippen molar-refractivity contribution >= 4 is 17.4 Å². The molecule has 0 atom stereocenters. The van der Waals surface area contributed by atoms with Gasteiger partial charge in [-0.05, 0) is 67.6 Å². The van der Waals surface area contributed by atoms with Crippen LogP contribution in [-0.4, -0.2) is 37.6 Å². The van der Waals surface area contributed by atoms with Crippen molar-refractivity contribution in [3.8, 4) is 0 Å². The molecule has 1 fully saturated rings. The number of hydrogen-bond acceptors (Lipinski definition) is 4. The van der Waals surface area contributed by atoms with E-state index in [0.29, 0.717) is 12.1 Å². The maximum Gasteiger partial charge on any atom is 0.251 e. The third kappa shape index (κ3) is 5.47. The lowest BCUT2D eigenvalue weighted by Gasteiger charge is -2.27. The first kappa shape index (κ1) is 20.2. The van der Waals surface area contributed by atoms with Crippen LogP contribution in [0.2, 0.25) is 0 Å². The van der Waals surface area contributed by atoms with Gasteiger partial charge in [0.15, 0.2) is 0 Å². The van der Waals surface area contributed by atoms with Crippen LogP contribution >= 0.6 is 0 Å². The van der Waals surface area contributed by atoms with E-state index in [9.17, 15) is 4.79 Å². The van der Waals surface area contributed by atoms with Crippen LogP contribution in [0, 0.1) is 0 Å². The lowest BCUT2D eigenvalue weighted by Crippen LogP contribution is -2.30. The van der Waals surface area contributed by atoms with E-state index in [2.05, 4.69) is 40.1 Å². The maximum absolute atomic E-state index is 12.5. The Balaban J connectivity index is 1.55. The Morgan fingerprint density at radius 3 is 2.61 bits per heavy atom. The summed E-state index contributed by atoms with van der Waals surface area (Å²) in [6.07, 6.45) is 7.95. The fraction of sp³-hybridized carbons (Fsp3) is 0.478. The van der Waals surface area contributed by atoms with E-state index < -0.39 is 0 Å². The van der Waals surface area contributed by atoms with Gasteiger partial charge in [0.25, 0.3) is 5.91 Å². The zero-order chi connectivity index (χ0) is 19.8. The van der Waals surface area contributed by atoms with Crippen LogP contribution in [-0.2, 0) is 6.54 Å². The molecule has 5 nitrogen and oxygen atoms in total. The Kier molecular flexibility index (Phi) is 7.29. The summed E-state index contributed by atoms with van der Waals surface area (Å²) >= 11 is 0. The third-order valence-electron chi connectivity index (χ3n) is 5.36. The second kappa shape index (κ2) is 10.1. The number of unbranched alkanes of at least 4 members (excludes halogenated alkanes) is 1. The molecule has 1 aliphatic heterocycles. The van der Waals surface area contributed by atoms with Gasteiger partial charge in [-0.3, -0.25) is 4.79 Å². The van der Waals surface area contributed by atoms with Gasteiger partial charge in [0.2, 0.25) is 0 Å². The molecule has 1 amide bonds. The molecule has 28 heavy (non-hydrogen) atoms. The average Bonchev–Trinajstić information content (AvgIpc) is 2.76. The van der Waals surface area contributed by atoms with Crippen LogP contribution < -0.4 is 15.1 Å². The molecule has 1 aromatic carbocycles. The summed E-state index contributed by atoms with van der Waals surface area (Å²) < 4.78 is 0. The van der Waals surface area contributed by atoms with Gasteiger partial charge in [-0.25, -0.2) is 4.98 Å². The van der Waals surface area contributed by atoms with E-state index in [4.69, 9.17) is 0 Å². The predicted octanol–water partition coefficient (Wildman–Crippen LogP) is 4.24. The molecule has 0 aliphatic carbocycles. The molecule has 1 aliphatic rings. The van der Waals surface area contributed by atoms with Gasteiger partial charge in [-0.15, -0.1) is 0 Å². The van der Waals surface area contributed by atoms with Crippen molar-refractivity contribution in [1.82, 2.24) is 10.3 Å². The van der Waals surface area contributed by atoms with E-state index in [1.165, 1.54) is 32.1 Å². The highest BCUT2D eigenvalue weighted by Gasteiger charge is 2.13. The number of aromatic nitrogens is 1. The second-order valence-electron chi connectivity index (χ2n) is 7.57. The Bertz CT molecular complexity index is 753. The summed E-state index contributed by atoms with van der Waals surface area (Å²) in [4.78, 5) is 21.6. The number of nitrogens with zero attached hydrogens (tertiary/aromatic N) is 3. The molecule has 2 heterocycles. The van der Waals surface area contributed by atoms with E-state index in [1.807, 2.05) is 36.5 Å². The molecule has 1 N–H and O–H groups in total. The smallest absolute Gasteiger partial charge is 0.251 e. The molecule has 0 saturated carbocycles. The number of pyridine rings is 1. The molecule has 0 bridgehead atoms. The summed E-state index contributed by atoms with van der Waals surface area (Å²) in [5.41, 5.74) is 2.92. The fourth-order valence-electron chi connectivity index (χ4n) is 3.54. The predicted molar refractivity (Wildman–Crippen MR) is 116 cm³/mol. The number of carbonyl (C=O) groups is 1. The number of hydrogen-bond donors (Lipinski definition) is 1. The molecule has 1 aromatic heterocycles. The fourth-order valence-corrected chi connectivity index (χ4v) is 3.54. The number of anilines is 2. The van der Waals surface area contributed by atoms with Gasteiger partial charge < -0.3 is 15.1 Å². The minimum Gasteiger partial charge on any atom is -0.375 e. The lowest BCUT2D eigenvalue weighted by molar-refractivity contribution is 0.0951. The van der Waals surface area contributed by atoms with Gasteiger partial charge in [-0.2, -0.15) is 0 Å². The molecule has 1 saturated heterocycles. The summed E-state index contributed by atoms with van der Waals surface area (Å²) in [5, 5.41) is 3.03. The highest BCUT2D eigenvalue weighted by Crippen LogP contribution is 2.19. The quantitative estimate of drug-likeness (QED) is 0.744. The van der Waals surface area contributed by atoms with Gasteiger partial charge in [0.05, 0.1) is 0 Å². The van der Waals surface area contributed by atoms with Crippen molar-refractivity contribution in [2.24, 2.45) is 0 Å². The maximum atomic E-state index is 12.5. The van der Waals surface area contributed by atoms with Crippen LogP contribution in [0.5, 0.6) is 0 Å². The zero-order valence-corrected chi connectivity index (χ0v) is 17.2. The zero-order valence-electron chi connectivity index (χ0n) is 17.2. The Labute approximate surface area is 168 Å². The molecule has 0 spiro atoms. The highest BCUT2D eigenvalue weighted by molar-refractivity contribution is 5.94. The summed E-state index contributed by atoms with van der Waals surface area (Å²) in [6.45, 7) is 5.88. The lowest BCUT2D eigenvalue weighted by atomic mass is 10.1. The van der Waals surface area contributed by atoms with Crippen LogP contribution in [0.25, 0.3) is 0 Å².